The van der Waals surface area contributed by atoms with Crippen molar-refractivity contribution in [2.75, 3.05) is 6.54 Å². The van der Waals surface area contributed by atoms with E-state index < -0.39 is 41.9 Å². The van der Waals surface area contributed by atoms with Gasteiger partial charge < -0.3 is 32.3 Å². The molecule has 0 spiro atoms. The maximum atomic E-state index is 12.4. The fourth-order valence-corrected chi connectivity index (χ4v) is 2.42. The van der Waals surface area contributed by atoms with Crippen LogP contribution < -0.4 is 22.1 Å². The van der Waals surface area contributed by atoms with Crippen molar-refractivity contribution in [1.82, 2.24) is 10.6 Å². The van der Waals surface area contributed by atoms with Gasteiger partial charge in [-0.3, -0.25) is 14.4 Å². The molecular formula is C17H32N4O6. The Morgan fingerprint density at radius 2 is 1.52 bits per heavy atom. The molecule has 0 unspecified atom stereocenters. The number of rotatable bonds is 14. The van der Waals surface area contributed by atoms with E-state index in [2.05, 4.69) is 10.6 Å². The summed E-state index contributed by atoms with van der Waals surface area (Å²) in [4.78, 5) is 46.7. The number of carbonyl (C=O) groups is 4. The van der Waals surface area contributed by atoms with E-state index in [1.165, 1.54) is 0 Å². The molecule has 10 heteroatoms. The number of aliphatic carboxylic acids is 2. The number of carboxylic acids is 2. The quantitative estimate of drug-likeness (QED) is 0.213. The molecule has 2 amide bonds. The maximum Gasteiger partial charge on any atom is 0.326 e. The highest BCUT2D eigenvalue weighted by atomic mass is 16.4. The zero-order chi connectivity index (χ0) is 21.0. The minimum atomic E-state index is -1.20. The van der Waals surface area contributed by atoms with E-state index in [0.29, 0.717) is 25.8 Å². The molecule has 0 aromatic heterocycles. The van der Waals surface area contributed by atoms with Gasteiger partial charge in [0.2, 0.25) is 11.8 Å². The van der Waals surface area contributed by atoms with Gasteiger partial charge in [0.25, 0.3) is 0 Å². The van der Waals surface area contributed by atoms with Crippen LogP contribution in [0.15, 0.2) is 0 Å². The topological polar surface area (TPSA) is 185 Å². The highest BCUT2D eigenvalue weighted by Gasteiger charge is 2.28. The Hall–Kier alpha value is -2.20. The second-order valence-corrected chi connectivity index (χ2v) is 6.91. The molecular weight excluding hydrogens is 356 g/mol. The SMILES string of the molecule is CC(C)C[C@H](NC(=O)[C@H](CCC(=O)O)NC(=O)[C@H](N)CCCCN)C(=O)O. The summed E-state index contributed by atoms with van der Waals surface area (Å²) < 4.78 is 0. The summed E-state index contributed by atoms with van der Waals surface area (Å²) >= 11 is 0. The first-order chi connectivity index (χ1) is 12.6. The van der Waals surface area contributed by atoms with Crippen LogP contribution in [0.1, 0.15) is 52.4 Å². The third-order valence-corrected chi connectivity index (χ3v) is 3.91. The number of unbranched alkanes of at least 4 members (excludes halogenated alkanes) is 1. The number of carboxylic acid groups (broad SMARTS) is 2. The number of nitrogens with one attached hydrogen (secondary N) is 2. The summed E-state index contributed by atoms with van der Waals surface area (Å²) in [5.74, 6) is -3.64. The van der Waals surface area contributed by atoms with E-state index in [1.54, 1.807) is 0 Å². The molecule has 156 valence electrons. The van der Waals surface area contributed by atoms with E-state index in [1.807, 2.05) is 13.8 Å². The first-order valence-corrected chi connectivity index (χ1v) is 9.09. The molecule has 27 heavy (non-hydrogen) atoms. The second-order valence-electron chi connectivity index (χ2n) is 6.91. The molecule has 0 saturated heterocycles. The van der Waals surface area contributed by atoms with Gasteiger partial charge in [0, 0.05) is 6.42 Å². The predicted molar refractivity (Wildman–Crippen MR) is 98.7 cm³/mol. The lowest BCUT2D eigenvalue weighted by Crippen LogP contribution is -2.54. The molecule has 0 heterocycles. The largest absolute Gasteiger partial charge is 0.481 e. The summed E-state index contributed by atoms with van der Waals surface area (Å²) in [5.41, 5.74) is 11.2. The summed E-state index contributed by atoms with van der Waals surface area (Å²) in [6.07, 6.45) is 1.41. The minimum absolute atomic E-state index is 0.0226. The number of hydrogen-bond donors (Lipinski definition) is 6. The number of nitrogens with two attached hydrogens (primary N) is 2. The monoisotopic (exact) mass is 388 g/mol. The van der Waals surface area contributed by atoms with Crippen molar-refractivity contribution < 1.29 is 29.4 Å². The Bertz CT molecular complexity index is 512. The molecule has 0 fully saturated rings. The lowest BCUT2D eigenvalue weighted by atomic mass is 10.0. The molecule has 0 rings (SSSR count). The van der Waals surface area contributed by atoms with Crippen molar-refractivity contribution in [1.29, 1.82) is 0 Å². The number of amides is 2. The van der Waals surface area contributed by atoms with Crippen LogP contribution in [0.4, 0.5) is 0 Å². The third-order valence-electron chi connectivity index (χ3n) is 3.91. The lowest BCUT2D eigenvalue weighted by molar-refractivity contribution is -0.143. The Morgan fingerprint density at radius 1 is 0.926 bits per heavy atom. The molecule has 3 atom stereocenters. The minimum Gasteiger partial charge on any atom is -0.481 e. The smallest absolute Gasteiger partial charge is 0.326 e. The van der Waals surface area contributed by atoms with Gasteiger partial charge in [-0.25, -0.2) is 4.79 Å². The summed E-state index contributed by atoms with van der Waals surface area (Å²) in [6.45, 7) is 4.10. The van der Waals surface area contributed by atoms with Gasteiger partial charge in [0.05, 0.1) is 6.04 Å². The van der Waals surface area contributed by atoms with Crippen LogP contribution in [0, 0.1) is 5.92 Å². The van der Waals surface area contributed by atoms with Gasteiger partial charge in [0.1, 0.15) is 12.1 Å². The van der Waals surface area contributed by atoms with Crippen LogP contribution in [-0.4, -0.2) is 58.6 Å². The standard InChI is InChI=1S/C17H32N4O6/c1-10(2)9-13(17(26)27)21-16(25)12(6-7-14(22)23)20-15(24)11(19)5-3-4-8-18/h10-13H,3-9,18-19H2,1-2H3,(H,20,24)(H,21,25)(H,22,23)(H,26,27)/t11-,12+,13+/m1/s1. The molecule has 0 radical (unpaired) electrons. The molecule has 0 saturated carbocycles. The predicted octanol–water partition coefficient (Wildman–Crippen LogP) is -0.592. The Balaban J connectivity index is 4.99. The maximum absolute atomic E-state index is 12.4. The Morgan fingerprint density at radius 3 is 2.00 bits per heavy atom. The van der Waals surface area contributed by atoms with Crippen LogP contribution in [-0.2, 0) is 19.2 Å². The molecule has 0 aromatic carbocycles. The van der Waals surface area contributed by atoms with Crippen LogP contribution >= 0.6 is 0 Å². The molecule has 0 bridgehead atoms. The van der Waals surface area contributed by atoms with E-state index in [0.717, 1.165) is 0 Å². The van der Waals surface area contributed by atoms with Gasteiger partial charge in [0.15, 0.2) is 0 Å². The van der Waals surface area contributed by atoms with E-state index in [-0.39, 0.29) is 25.2 Å². The average Bonchev–Trinajstić information content (AvgIpc) is 2.56. The molecule has 0 aliphatic carbocycles. The third kappa shape index (κ3) is 11.2. The highest BCUT2D eigenvalue weighted by molar-refractivity contribution is 5.92. The Labute approximate surface area is 159 Å². The zero-order valence-electron chi connectivity index (χ0n) is 15.9. The summed E-state index contributed by atoms with van der Waals surface area (Å²) in [5, 5.41) is 22.9. The fourth-order valence-electron chi connectivity index (χ4n) is 2.42. The van der Waals surface area contributed by atoms with Gasteiger partial charge in [-0.2, -0.15) is 0 Å². The highest BCUT2D eigenvalue weighted by Crippen LogP contribution is 2.07. The average molecular weight is 388 g/mol. The lowest BCUT2D eigenvalue weighted by Gasteiger charge is -2.23. The molecule has 0 aliphatic heterocycles. The van der Waals surface area contributed by atoms with Crippen molar-refractivity contribution in [3.05, 3.63) is 0 Å². The van der Waals surface area contributed by atoms with Gasteiger partial charge in [-0.1, -0.05) is 20.3 Å². The first kappa shape index (κ1) is 24.8. The van der Waals surface area contributed by atoms with Gasteiger partial charge >= 0.3 is 11.9 Å². The van der Waals surface area contributed by atoms with Crippen LogP contribution in [0.5, 0.6) is 0 Å². The summed E-state index contributed by atoms with van der Waals surface area (Å²) in [6, 6.07) is -3.16. The molecule has 0 aromatic rings. The van der Waals surface area contributed by atoms with Crippen molar-refractivity contribution in [3.8, 4) is 0 Å². The fraction of sp³-hybridized carbons (Fsp3) is 0.765. The molecule has 0 aliphatic rings. The number of carbonyl (C=O) groups excluding carboxylic acids is 2. The van der Waals surface area contributed by atoms with Crippen molar-refractivity contribution in [2.24, 2.45) is 17.4 Å². The van der Waals surface area contributed by atoms with E-state index in [4.69, 9.17) is 16.6 Å². The van der Waals surface area contributed by atoms with Crippen molar-refractivity contribution in [2.45, 2.75) is 70.5 Å². The zero-order valence-corrected chi connectivity index (χ0v) is 15.9. The number of hydrogen-bond acceptors (Lipinski definition) is 6. The first-order valence-electron chi connectivity index (χ1n) is 9.09. The second kappa shape index (κ2) is 13.0. The van der Waals surface area contributed by atoms with Gasteiger partial charge in [-0.15, -0.1) is 0 Å². The van der Waals surface area contributed by atoms with Crippen molar-refractivity contribution >= 4 is 23.8 Å². The van der Waals surface area contributed by atoms with Crippen LogP contribution in [0.2, 0.25) is 0 Å². The summed E-state index contributed by atoms with van der Waals surface area (Å²) in [7, 11) is 0. The van der Waals surface area contributed by atoms with Crippen LogP contribution in [0.3, 0.4) is 0 Å². The van der Waals surface area contributed by atoms with E-state index >= 15 is 0 Å². The molecule has 8 N–H and O–H groups in total. The Kier molecular flexibility index (Phi) is 12.0. The molecule has 10 nitrogen and oxygen atoms in total. The van der Waals surface area contributed by atoms with Crippen molar-refractivity contribution in [3.63, 3.8) is 0 Å². The normalized spacial score (nSPS) is 14.3. The van der Waals surface area contributed by atoms with E-state index in [9.17, 15) is 24.3 Å². The van der Waals surface area contributed by atoms with Crippen LogP contribution in [0.25, 0.3) is 0 Å². The van der Waals surface area contributed by atoms with Gasteiger partial charge in [-0.05, 0) is 38.1 Å².